The van der Waals surface area contributed by atoms with Crippen molar-refractivity contribution >= 4 is 28.5 Å². The molecule has 1 saturated heterocycles. The molecule has 3 aliphatic rings. The molecule has 2 aromatic rings. The fraction of sp³-hybridized carbons (Fsp3) is 0.333. The lowest BCUT2D eigenvalue weighted by atomic mass is 9.95. The summed E-state index contributed by atoms with van der Waals surface area (Å²) in [7, 11) is 1.62. The zero-order chi connectivity index (χ0) is 22.9. The highest BCUT2D eigenvalue weighted by Gasteiger charge is 2.44. The monoisotopic (exact) mass is 464 g/mol. The molecular weight excluding hydrogens is 436 g/mol. The van der Waals surface area contributed by atoms with Crippen molar-refractivity contribution in [3.63, 3.8) is 0 Å². The molecule has 9 heteroatoms. The third kappa shape index (κ3) is 4.38. The molecule has 0 bridgehead atoms. The van der Waals surface area contributed by atoms with Gasteiger partial charge in [0.15, 0.2) is 5.17 Å². The summed E-state index contributed by atoms with van der Waals surface area (Å²) in [4.78, 5) is 14.6. The molecule has 8 nitrogen and oxygen atoms in total. The fourth-order valence-electron chi connectivity index (χ4n) is 4.49. The second-order valence-corrected chi connectivity index (χ2v) is 9.43. The Balaban J connectivity index is 1.18. The second kappa shape index (κ2) is 8.99. The quantitative estimate of drug-likeness (QED) is 0.627. The Kier molecular flexibility index (Phi) is 5.90. The molecule has 3 N–H and O–H groups in total. The van der Waals surface area contributed by atoms with Crippen LogP contribution in [0.5, 0.6) is 5.75 Å². The third-order valence-corrected chi connectivity index (χ3v) is 7.19. The van der Waals surface area contributed by atoms with Gasteiger partial charge in [-0.25, -0.2) is 5.43 Å². The minimum Gasteiger partial charge on any atom is -0.497 e. The van der Waals surface area contributed by atoms with E-state index >= 15 is 0 Å². The first-order chi connectivity index (χ1) is 16.0. The SMILES string of the molecule is COc1ccc(NC(=O)CSC2=NNC3C4CC(c5cc(C)ccc5C)NN4C=CN23)cc1. The number of nitrogens with one attached hydrogen (secondary N) is 3. The van der Waals surface area contributed by atoms with Gasteiger partial charge in [0.05, 0.1) is 24.9 Å². The van der Waals surface area contributed by atoms with E-state index in [4.69, 9.17) is 4.74 Å². The minimum absolute atomic E-state index is 0.0322. The highest BCUT2D eigenvalue weighted by atomic mass is 32.2. The number of ether oxygens (including phenoxy) is 1. The number of fused-ring (bicyclic) bond motifs is 3. The van der Waals surface area contributed by atoms with Gasteiger partial charge in [0, 0.05) is 18.1 Å². The van der Waals surface area contributed by atoms with Crippen LogP contribution in [0.4, 0.5) is 5.69 Å². The first kappa shape index (κ1) is 21.7. The summed E-state index contributed by atoms with van der Waals surface area (Å²) in [5.74, 6) is 0.963. The highest BCUT2D eigenvalue weighted by molar-refractivity contribution is 8.14. The molecule has 1 amide bonds. The number of hydrazone groups is 1. The Bertz CT molecular complexity index is 1100. The van der Waals surface area contributed by atoms with E-state index in [1.54, 1.807) is 7.11 Å². The Morgan fingerprint density at radius 1 is 1.21 bits per heavy atom. The Labute approximate surface area is 198 Å². The van der Waals surface area contributed by atoms with Gasteiger partial charge in [-0.05, 0) is 55.7 Å². The number of carbonyl (C=O) groups excluding carboxylic acids is 1. The van der Waals surface area contributed by atoms with Crippen LogP contribution in [0.2, 0.25) is 0 Å². The van der Waals surface area contributed by atoms with E-state index < -0.39 is 0 Å². The zero-order valence-electron chi connectivity index (χ0n) is 18.9. The molecule has 2 aromatic carbocycles. The van der Waals surface area contributed by atoms with Gasteiger partial charge in [0.1, 0.15) is 11.9 Å². The van der Waals surface area contributed by atoms with Crippen LogP contribution in [-0.4, -0.2) is 46.1 Å². The van der Waals surface area contributed by atoms with Crippen LogP contribution < -0.4 is 20.9 Å². The normalized spacial score (nSPS) is 23.0. The lowest BCUT2D eigenvalue weighted by Crippen LogP contribution is -2.54. The van der Waals surface area contributed by atoms with Crippen molar-refractivity contribution in [1.82, 2.24) is 20.8 Å². The van der Waals surface area contributed by atoms with Crippen molar-refractivity contribution in [1.29, 1.82) is 0 Å². The maximum Gasteiger partial charge on any atom is 0.234 e. The van der Waals surface area contributed by atoms with E-state index in [1.807, 2.05) is 30.5 Å². The number of hydrogen-bond donors (Lipinski definition) is 3. The predicted molar refractivity (Wildman–Crippen MR) is 131 cm³/mol. The van der Waals surface area contributed by atoms with Gasteiger partial charge in [-0.3, -0.25) is 10.2 Å². The zero-order valence-corrected chi connectivity index (χ0v) is 19.7. The predicted octanol–water partition coefficient (Wildman–Crippen LogP) is 3.29. The Hall–Kier alpha value is -3.17. The van der Waals surface area contributed by atoms with Gasteiger partial charge in [0.25, 0.3) is 0 Å². The van der Waals surface area contributed by atoms with Crippen LogP contribution in [0.3, 0.4) is 0 Å². The number of amidine groups is 1. The lowest BCUT2D eigenvalue weighted by molar-refractivity contribution is -0.113. The van der Waals surface area contributed by atoms with Crippen LogP contribution in [0.1, 0.15) is 29.2 Å². The lowest BCUT2D eigenvalue weighted by Gasteiger charge is -2.36. The topological polar surface area (TPSA) is 81.2 Å². The number of rotatable bonds is 5. The van der Waals surface area contributed by atoms with Crippen LogP contribution in [0.25, 0.3) is 0 Å². The number of thioether (sulfide) groups is 1. The number of nitrogens with zero attached hydrogens (tertiary/aromatic N) is 3. The summed E-state index contributed by atoms with van der Waals surface area (Å²) in [5, 5.41) is 10.4. The molecule has 172 valence electrons. The Morgan fingerprint density at radius 3 is 2.82 bits per heavy atom. The molecule has 3 aliphatic heterocycles. The van der Waals surface area contributed by atoms with E-state index in [9.17, 15) is 4.79 Å². The minimum atomic E-state index is -0.0727. The van der Waals surface area contributed by atoms with Crippen molar-refractivity contribution in [2.45, 2.75) is 38.5 Å². The van der Waals surface area contributed by atoms with Crippen molar-refractivity contribution in [2.24, 2.45) is 5.10 Å². The van der Waals surface area contributed by atoms with Gasteiger partial charge in [0.2, 0.25) is 5.91 Å². The summed E-state index contributed by atoms with van der Waals surface area (Å²) in [5.41, 5.74) is 11.6. The van der Waals surface area contributed by atoms with E-state index in [0.29, 0.717) is 0 Å². The first-order valence-electron chi connectivity index (χ1n) is 11.0. The average Bonchev–Trinajstić information content (AvgIpc) is 3.43. The van der Waals surface area contributed by atoms with Crippen molar-refractivity contribution in [3.8, 4) is 5.75 Å². The average molecular weight is 465 g/mol. The number of aryl methyl sites for hydroxylation is 2. The largest absolute Gasteiger partial charge is 0.497 e. The summed E-state index contributed by atoms with van der Waals surface area (Å²) < 4.78 is 5.15. The molecule has 0 aromatic heterocycles. The number of amides is 1. The van der Waals surface area contributed by atoms with Gasteiger partial charge >= 0.3 is 0 Å². The Morgan fingerprint density at radius 2 is 2.03 bits per heavy atom. The van der Waals surface area contributed by atoms with Gasteiger partial charge in [-0.1, -0.05) is 35.5 Å². The number of anilines is 1. The summed E-state index contributed by atoms with van der Waals surface area (Å²) in [6.45, 7) is 4.30. The van der Waals surface area contributed by atoms with Crippen molar-refractivity contribution in [2.75, 3.05) is 18.2 Å². The molecular formula is C24H28N6O2S. The van der Waals surface area contributed by atoms with Gasteiger partial charge < -0.3 is 20.0 Å². The van der Waals surface area contributed by atoms with Crippen LogP contribution in [0, 0.1) is 13.8 Å². The number of methoxy groups -OCH3 is 1. The number of hydrogen-bond acceptors (Lipinski definition) is 8. The smallest absolute Gasteiger partial charge is 0.234 e. The summed E-state index contributed by atoms with van der Waals surface area (Å²) >= 11 is 1.43. The fourth-order valence-corrected chi connectivity index (χ4v) is 5.26. The number of benzene rings is 2. The second-order valence-electron chi connectivity index (χ2n) is 8.49. The molecule has 3 atom stereocenters. The van der Waals surface area contributed by atoms with E-state index in [1.165, 1.54) is 28.5 Å². The van der Waals surface area contributed by atoms with Crippen LogP contribution in [0.15, 0.2) is 60.0 Å². The van der Waals surface area contributed by atoms with Crippen molar-refractivity contribution in [3.05, 3.63) is 71.6 Å². The van der Waals surface area contributed by atoms with Crippen LogP contribution in [-0.2, 0) is 4.79 Å². The highest BCUT2D eigenvalue weighted by Crippen LogP contribution is 2.36. The molecule has 1 fully saturated rings. The van der Waals surface area contributed by atoms with E-state index in [-0.39, 0.29) is 29.9 Å². The molecule has 0 spiro atoms. The molecule has 3 heterocycles. The van der Waals surface area contributed by atoms with E-state index in [2.05, 4.69) is 69.4 Å². The molecule has 0 saturated carbocycles. The molecule has 0 radical (unpaired) electrons. The number of carbonyl (C=O) groups is 1. The maximum absolute atomic E-state index is 12.4. The van der Waals surface area contributed by atoms with Gasteiger partial charge in [-0.2, -0.15) is 5.10 Å². The number of hydrazine groups is 1. The van der Waals surface area contributed by atoms with E-state index in [0.717, 1.165) is 23.0 Å². The third-order valence-electron chi connectivity index (χ3n) is 6.22. The molecule has 33 heavy (non-hydrogen) atoms. The first-order valence-corrected chi connectivity index (χ1v) is 12.0. The molecule has 5 rings (SSSR count). The van der Waals surface area contributed by atoms with Crippen LogP contribution >= 0.6 is 11.8 Å². The molecule has 3 unspecified atom stereocenters. The summed E-state index contributed by atoms with van der Waals surface area (Å²) in [6, 6.07) is 14.4. The summed E-state index contributed by atoms with van der Waals surface area (Å²) in [6.07, 6.45) is 5.08. The molecule has 0 aliphatic carbocycles. The maximum atomic E-state index is 12.4. The standard InChI is InChI=1S/C24H28N6O2S/c1-15-4-5-16(2)19(12-15)20-13-21-23-26-27-24(29(23)10-11-30(21)28-20)33-14-22(31)25-17-6-8-18(32-3)9-7-17/h4-12,20-21,23,26,28H,13-14H2,1-3H3,(H,25,31). The van der Waals surface area contributed by atoms with Crippen molar-refractivity contribution < 1.29 is 9.53 Å². The van der Waals surface area contributed by atoms with Gasteiger partial charge in [-0.15, -0.1) is 0 Å².